The molecule has 2 N–H and O–H groups in total. The predicted octanol–water partition coefficient (Wildman–Crippen LogP) is 1.51. The van der Waals surface area contributed by atoms with Gasteiger partial charge >= 0.3 is 0 Å². The molecule has 0 aromatic heterocycles. The molecule has 1 atom stereocenters. The number of benzene rings is 1. The van der Waals surface area contributed by atoms with Gasteiger partial charge in [0, 0.05) is 12.6 Å². The molecule has 1 saturated heterocycles. The molecule has 1 aliphatic heterocycles. The van der Waals surface area contributed by atoms with Gasteiger partial charge in [0.15, 0.2) is 0 Å². The average Bonchev–Trinajstić information content (AvgIpc) is 2.40. The second-order valence-electron chi connectivity index (χ2n) is 5.00. The molecule has 1 aromatic carbocycles. The molecule has 1 heterocycles. The number of aryl methyl sites for hydroxylation is 1. The third-order valence-corrected chi connectivity index (χ3v) is 3.34. The number of rotatable bonds is 6. The van der Waals surface area contributed by atoms with Crippen LogP contribution < -0.4 is 10.6 Å². The predicted molar refractivity (Wildman–Crippen MR) is 75.0 cm³/mol. The molecule has 0 bridgehead atoms. The first-order chi connectivity index (χ1) is 8.84. The van der Waals surface area contributed by atoms with Crippen molar-refractivity contribution < 1.29 is 4.74 Å². The van der Waals surface area contributed by atoms with Crippen LogP contribution >= 0.6 is 0 Å². The summed E-state index contributed by atoms with van der Waals surface area (Å²) in [7, 11) is 0. The Labute approximate surface area is 110 Å². The molecule has 2 rings (SSSR count). The lowest BCUT2D eigenvalue weighted by molar-refractivity contribution is 0.0743. The Morgan fingerprint density at radius 3 is 3.11 bits per heavy atom. The lowest BCUT2D eigenvalue weighted by atomic mass is 10.1. The molecule has 1 aliphatic rings. The number of nitrogens with one attached hydrogen (secondary N) is 2. The van der Waals surface area contributed by atoms with Crippen LogP contribution in [0.25, 0.3) is 0 Å². The molecule has 0 spiro atoms. The fraction of sp³-hybridized carbons (Fsp3) is 0.600. The van der Waals surface area contributed by atoms with Crippen LogP contribution in [0.4, 0.5) is 0 Å². The largest absolute Gasteiger partial charge is 0.379 e. The van der Waals surface area contributed by atoms with Crippen LogP contribution in [0.1, 0.15) is 17.5 Å². The van der Waals surface area contributed by atoms with Gasteiger partial charge in [0.25, 0.3) is 0 Å². The average molecular weight is 248 g/mol. The van der Waals surface area contributed by atoms with Gasteiger partial charge in [-0.15, -0.1) is 0 Å². The molecule has 0 radical (unpaired) electrons. The molecule has 0 amide bonds. The minimum atomic E-state index is 0.533. The second-order valence-corrected chi connectivity index (χ2v) is 5.00. The van der Waals surface area contributed by atoms with Crippen LogP contribution in [-0.2, 0) is 11.2 Å². The molecule has 0 aliphatic carbocycles. The van der Waals surface area contributed by atoms with Crippen molar-refractivity contribution in [3.63, 3.8) is 0 Å². The maximum absolute atomic E-state index is 5.43. The topological polar surface area (TPSA) is 33.3 Å². The lowest BCUT2D eigenvalue weighted by Crippen LogP contribution is -2.42. The Morgan fingerprint density at radius 1 is 1.39 bits per heavy atom. The van der Waals surface area contributed by atoms with Crippen molar-refractivity contribution in [2.24, 2.45) is 0 Å². The lowest BCUT2D eigenvalue weighted by Gasteiger charge is -2.23. The van der Waals surface area contributed by atoms with E-state index < -0.39 is 0 Å². The van der Waals surface area contributed by atoms with E-state index in [1.54, 1.807) is 0 Å². The number of hydrogen-bond donors (Lipinski definition) is 2. The number of morpholine rings is 1. The molecule has 3 heteroatoms. The smallest absolute Gasteiger partial charge is 0.0620 e. The summed E-state index contributed by atoms with van der Waals surface area (Å²) in [6, 6.07) is 9.27. The Morgan fingerprint density at radius 2 is 2.33 bits per heavy atom. The summed E-state index contributed by atoms with van der Waals surface area (Å²) >= 11 is 0. The van der Waals surface area contributed by atoms with Crippen molar-refractivity contribution in [1.82, 2.24) is 10.6 Å². The van der Waals surface area contributed by atoms with Gasteiger partial charge in [-0.2, -0.15) is 0 Å². The summed E-state index contributed by atoms with van der Waals surface area (Å²) in [5, 5.41) is 6.98. The quantitative estimate of drug-likeness (QED) is 0.749. The molecule has 1 aromatic rings. The van der Waals surface area contributed by atoms with Crippen molar-refractivity contribution in [1.29, 1.82) is 0 Å². The summed E-state index contributed by atoms with van der Waals surface area (Å²) in [4.78, 5) is 0. The standard InChI is InChI=1S/C15H24N2O/c1-13-3-2-4-14(11-13)5-7-16-8-6-15-12-18-10-9-17-15/h2-4,11,15-17H,5-10,12H2,1H3. The molecule has 3 nitrogen and oxygen atoms in total. The van der Waals surface area contributed by atoms with Gasteiger partial charge < -0.3 is 15.4 Å². The van der Waals surface area contributed by atoms with Crippen molar-refractivity contribution >= 4 is 0 Å². The molecule has 1 fully saturated rings. The van der Waals surface area contributed by atoms with E-state index in [2.05, 4.69) is 41.8 Å². The summed E-state index contributed by atoms with van der Waals surface area (Å²) in [5.74, 6) is 0. The maximum Gasteiger partial charge on any atom is 0.0620 e. The monoisotopic (exact) mass is 248 g/mol. The van der Waals surface area contributed by atoms with Gasteiger partial charge in [0.05, 0.1) is 13.2 Å². The minimum Gasteiger partial charge on any atom is -0.379 e. The SMILES string of the molecule is Cc1cccc(CCNCCC2COCCN2)c1. The second kappa shape index (κ2) is 7.52. The van der Waals surface area contributed by atoms with E-state index in [1.807, 2.05) is 0 Å². The van der Waals surface area contributed by atoms with Crippen LogP contribution in [-0.4, -0.2) is 38.9 Å². The minimum absolute atomic E-state index is 0.533. The fourth-order valence-electron chi connectivity index (χ4n) is 2.31. The highest BCUT2D eigenvalue weighted by atomic mass is 16.5. The first-order valence-corrected chi connectivity index (χ1v) is 6.92. The van der Waals surface area contributed by atoms with Gasteiger partial charge in [-0.25, -0.2) is 0 Å². The van der Waals surface area contributed by atoms with Gasteiger partial charge in [0.2, 0.25) is 0 Å². The van der Waals surface area contributed by atoms with E-state index in [0.717, 1.165) is 45.7 Å². The van der Waals surface area contributed by atoms with E-state index in [4.69, 9.17) is 4.74 Å². The van der Waals surface area contributed by atoms with Crippen LogP contribution in [0, 0.1) is 6.92 Å². The molecule has 1 unspecified atom stereocenters. The van der Waals surface area contributed by atoms with E-state index in [0.29, 0.717) is 6.04 Å². The van der Waals surface area contributed by atoms with Crippen LogP contribution in [0.5, 0.6) is 0 Å². The van der Waals surface area contributed by atoms with Crippen LogP contribution in [0.3, 0.4) is 0 Å². The zero-order valence-corrected chi connectivity index (χ0v) is 11.2. The number of ether oxygens (including phenoxy) is 1. The highest BCUT2D eigenvalue weighted by Gasteiger charge is 2.11. The first kappa shape index (κ1) is 13.5. The van der Waals surface area contributed by atoms with Crippen molar-refractivity contribution in [2.45, 2.75) is 25.8 Å². The Balaban J connectivity index is 1.55. The normalized spacial score (nSPS) is 19.9. The van der Waals surface area contributed by atoms with Crippen molar-refractivity contribution in [3.05, 3.63) is 35.4 Å². The Bertz CT molecular complexity index is 348. The third kappa shape index (κ3) is 4.77. The summed E-state index contributed by atoms with van der Waals surface area (Å²) in [6.45, 7) is 6.97. The molecular weight excluding hydrogens is 224 g/mol. The van der Waals surface area contributed by atoms with Gasteiger partial charge in [-0.05, 0) is 38.4 Å². The van der Waals surface area contributed by atoms with Crippen LogP contribution in [0.2, 0.25) is 0 Å². The van der Waals surface area contributed by atoms with E-state index >= 15 is 0 Å². The first-order valence-electron chi connectivity index (χ1n) is 6.92. The molecule has 18 heavy (non-hydrogen) atoms. The van der Waals surface area contributed by atoms with Crippen molar-refractivity contribution in [3.8, 4) is 0 Å². The molecular formula is C15H24N2O. The summed E-state index contributed by atoms with van der Waals surface area (Å²) in [5.41, 5.74) is 2.76. The van der Waals surface area contributed by atoms with E-state index in [-0.39, 0.29) is 0 Å². The van der Waals surface area contributed by atoms with Crippen LogP contribution in [0.15, 0.2) is 24.3 Å². The van der Waals surface area contributed by atoms with E-state index in [1.165, 1.54) is 11.1 Å². The maximum atomic E-state index is 5.43. The molecule has 0 saturated carbocycles. The highest BCUT2D eigenvalue weighted by molar-refractivity contribution is 5.22. The Kier molecular flexibility index (Phi) is 5.65. The van der Waals surface area contributed by atoms with Crippen molar-refractivity contribution in [2.75, 3.05) is 32.8 Å². The zero-order chi connectivity index (χ0) is 12.6. The van der Waals surface area contributed by atoms with Gasteiger partial charge in [-0.3, -0.25) is 0 Å². The highest BCUT2D eigenvalue weighted by Crippen LogP contribution is 2.04. The third-order valence-electron chi connectivity index (χ3n) is 3.34. The Hall–Kier alpha value is -0.900. The zero-order valence-electron chi connectivity index (χ0n) is 11.2. The summed E-state index contributed by atoms with van der Waals surface area (Å²) in [6.07, 6.45) is 2.25. The molecule has 100 valence electrons. The summed E-state index contributed by atoms with van der Waals surface area (Å²) < 4.78 is 5.43. The van der Waals surface area contributed by atoms with Gasteiger partial charge in [0.1, 0.15) is 0 Å². The van der Waals surface area contributed by atoms with E-state index in [9.17, 15) is 0 Å². The number of hydrogen-bond acceptors (Lipinski definition) is 3. The van der Waals surface area contributed by atoms with Gasteiger partial charge in [-0.1, -0.05) is 29.8 Å². The fourth-order valence-corrected chi connectivity index (χ4v) is 2.31.